The van der Waals surface area contributed by atoms with E-state index in [9.17, 15) is 13.6 Å². The van der Waals surface area contributed by atoms with Crippen LogP contribution in [0.4, 0.5) is 8.78 Å². The number of aromatic nitrogens is 2. The van der Waals surface area contributed by atoms with Crippen LogP contribution in [0, 0.1) is 0 Å². The maximum Gasteiger partial charge on any atom is 0.287 e. The first-order chi connectivity index (χ1) is 16.0. The van der Waals surface area contributed by atoms with Crippen molar-refractivity contribution in [3.8, 4) is 17.0 Å². The Balaban J connectivity index is 1.40. The fraction of sp³-hybridized carbons (Fsp3) is 0.192. The number of amides is 1. The van der Waals surface area contributed by atoms with Gasteiger partial charge in [0.15, 0.2) is 6.10 Å². The quantitative estimate of drug-likeness (QED) is 0.432. The Morgan fingerprint density at radius 3 is 2.67 bits per heavy atom. The number of carbonyl (C=O) groups is 1. The van der Waals surface area contributed by atoms with E-state index >= 15 is 0 Å². The van der Waals surface area contributed by atoms with Crippen LogP contribution in [0.1, 0.15) is 16.8 Å². The summed E-state index contributed by atoms with van der Waals surface area (Å²) in [6.45, 7) is -0.292. The molecule has 2 aromatic heterocycles. The summed E-state index contributed by atoms with van der Waals surface area (Å²) >= 11 is 0. The highest BCUT2D eigenvalue weighted by molar-refractivity contribution is 6.00. The summed E-state index contributed by atoms with van der Waals surface area (Å²) in [7, 11) is 0. The molecular weight excluding hydrogens is 424 g/mol. The summed E-state index contributed by atoms with van der Waals surface area (Å²) in [5, 5.41) is 0.893. The topological polar surface area (TPSA) is 55.3 Å². The zero-order valence-electron chi connectivity index (χ0n) is 17.7. The van der Waals surface area contributed by atoms with Crippen LogP contribution >= 0.6 is 0 Å². The van der Waals surface area contributed by atoms with Gasteiger partial charge in [0.1, 0.15) is 0 Å². The summed E-state index contributed by atoms with van der Waals surface area (Å²) in [5.74, 6) is -3.28. The molecule has 0 bridgehead atoms. The third-order valence-electron chi connectivity index (χ3n) is 5.83. The first kappa shape index (κ1) is 21.0. The average molecular weight is 445 g/mol. The maximum atomic E-state index is 14.8. The number of alkyl halides is 2. The monoisotopic (exact) mass is 445 g/mol. The van der Waals surface area contributed by atoms with Gasteiger partial charge in [0.25, 0.3) is 11.8 Å². The Labute approximate surface area is 189 Å². The standard InChI is InChI=1S/C26H21F2N3O2/c27-26(28)13-15-31(17-23(26)33-24-12-11-18-6-1-4-10-22(18)30-24)25(32)21-9-3-2-8-20(21)19-7-5-14-29-16-19/h1-12,14,16,23H,13,15,17H2/t23-/m0/s1. The second kappa shape index (κ2) is 8.58. The van der Waals surface area contributed by atoms with Crippen LogP contribution in [0.15, 0.2) is 85.2 Å². The molecular formula is C26H21F2N3O2. The maximum absolute atomic E-state index is 14.8. The van der Waals surface area contributed by atoms with Crippen molar-refractivity contribution < 1.29 is 18.3 Å². The molecule has 0 spiro atoms. The molecule has 1 aliphatic rings. The van der Waals surface area contributed by atoms with Gasteiger partial charge in [0.2, 0.25) is 5.88 Å². The number of halogens is 2. The molecule has 1 atom stereocenters. The third kappa shape index (κ3) is 4.26. The molecule has 0 saturated carbocycles. The molecule has 2 aromatic carbocycles. The molecule has 33 heavy (non-hydrogen) atoms. The highest BCUT2D eigenvalue weighted by atomic mass is 19.3. The van der Waals surface area contributed by atoms with E-state index in [2.05, 4.69) is 9.97 Å². The van der Waals surface area contributed by atoms with Crippen LogP contribution in [-0.2, 0) is 0 Å². The Bertz CT molecular complexity index is 1300. The Hall–Kier alpha value is -3.87. The fourth-order valence-electron chi connectivity index (χ4n) is 4.05. The molecule has 4 aromatic rings. The third-order valence-corrected chi connectivity index (χ3v) is 5.83. The molecule has 1 aliphatic heterocycles. The van der Waals surface area contributed by atoms with Crippen LogP contribution in [0.25, 0.3) is 22.0 Å². The number of likely N-dealkylation sites (tertiary alicyclic amines) is 1. The van der Waals surface area contributed by atoms with Gasteiger partial charge in [0.05, 0.1) is 12.1 Å². The minimum Gasteiger partial charge on any atom is -0.466 e. The van der Waals surface area contributed by atoms with Gasteiger partial charge in [-0.3, -0.25) is 9.78 Å². The minimum absolute atomic E-state index is 0.0573. The summed E-state index contributed by atoms with van der Waals surface area (Å²) in [6.07, 6.45) is 1.36. The SMILES string of the molecule is O=C(c1ccccc1-c1cccnc1)N1CCC(F)(F)[C@@H](Oc2ccc3ccccc3n2)C1. The van der Waals surface area contributed by atoms with E-state index < -0.39 is 18.4 Å². The van der Waals surface area contributed by atoms with Gasteiger partial charge in [-0.05, 0) is 29.8 Å². The molecule has 166 valence electrons. The number of hydrogen-bond donors (Lipinski definition) is 0. The number of fused-ring (bicyclic) bond motifs is 1. The molecule has 7 heteroatoms. The van der Waals surface area contributed by atoms with Crippen molar-refractivity contribution in [2.45, 2.75) is 18.4 Å². The molecule has 1 saturated heterocycles. The lowest BCUT2D eigenvalue weighted by molar-refractivity contribution is -0.131. The molecule has 0 radical (unpaired) electrons. The second-order valence-electron chi connectivity index (χ2n) is 8.00. The molecule has 3 heterocycles. The number of benzene rings is 2. The van der Waals surface area contributed by atoms with Gasteiger partial charge < -0.3 is 9.64 Å². The first-order valence-electron chi connectivity index (χ1n) is 10.7. The van der Waals surface area contributed by atoms with E-state index in [4.69, 9.17) is 4.74 Å². The lowest BCUT2D eigenvalue weighted by atomic mass is 9.98. The molecule has 1 fully saturated rings. The highest BCUT2D eigenvalue weighted by Crippen LogP contribution is 2.33. The van der Waals surface area contributed by atoms with Crippen LogP contribution in [0.5, 0.6) is 5.88 Å². The number of hydrogen-bond acceptors (Lipinski definition) is 4. The van der Waals surface area contributed by atoms with Gasteiger partial charge >= 0.3 is 0 Å². The molecule has 0 unspecified atom stereocenters. The smallest absolute Gasteiger partial charge is 0.287 e. The van der Waals surface area contributed by atoms with Crippen molar-refractivity contribution >= 4 is 16.8 Å². The molecule has 1 amide bonds. The number of para-hydroxylation sites is 1. The average Bonchev–Trinajstić information content (AvgIpc) is 2.85. The van der Waals surface area contributed by atoms with Gasteiger partial charge in [0, 0.05) is 47.9 Å². The van der Waals surface area contributed by atoms with Gasteiger partial charge in [-0.25, -0.2) is 13.8 Å². The Morgan fingerprint density at radius 1 is 1.00 bits per heavy atom. The zero-order chi connectivity index (χ0) is 22.8. The van der Waals surface area contributed by atoms with Gasteiger partial charge in [-0.15, -0.1) is 0 Å². The Kier molecular flexibility index (Phi) is 5.46. The fourth-order valence-corrected chi connectivity index (χ4v) is 4.05. The largest absolute Gasteiger partial charge is 0.466 e. The van der Waals surface area contributed by atoms with Crippen LogP contribution in [0.2, 0.25) is 0 Å². The second-order valence-corrected chi connectivity index (χ2v) is 8.00. The number of carbonyl (C=O) groups excluding carboxylic acids is 1. The lowest BCUT2D eigenvalue weighted by Crippen LogP contribution is -2.55. The highest BCUT2D eigenvalue weighted by Gasteiger charge is 2.47. The van der Waals surface area contributed by atoms with Crippen molar-refractivity contribution in [1.82, 2.24) is 14.9 Å². The van der Waals surface area contributed by atoms with Crippen LogP contribution in [-0.4, -0.2) is 45.9 Å². The summed E-state index contributed by atoms with van der Waals surface area (Å²) in [6, 6.07) is 21.5. The lowest BCUT2D eigenvalue weighted by Gasteiger charge is -2.38. The van der Waals surface area contributed by atoms with E-state index in [0.29, 0.717) is 16.6 Å². The first-order valence-corrected chi connectivity index (χ1v) is 10.7. The predicted octanol–water partition coefficient (Wildman–Crippen LogP) is 5.23. The van der Waals surface area contributed by atoms with Crippen LogP contribution in [0.3, 0.4) is 0 Å². The van der Waals surface area contributed by atoms with E-state index in [-0.39, 0.29) is 24.9 Å². The number of rotatable bonds is 4. The summed E-state index contributed by atoms with van der Waals surface area (Å²) < 4.78 is 35.2. The number of nitrogens with zero attached hydrogens (tertiary/aromatic N) is 3. The van der Waals surface area contributed by atoms with Gasteiger partial charge in [-0.1, -0.05) is 42.5 Å². The minimum atomic E-state index is -3.08. The predicted molar refractivity (Wildman–Crippen MR) is 121 cm³/mol. The molecule has 5 rings (SSSR count). The van der Waals surface area contributed by atoms with Crippen LogP contribution < -0.4 is 4.74 Å². The van der Waals surface area contributed by atoms with E-state index in [1.54, 1.807) is 48.8 Å². The summed E-state index contributed by atoms with van der Waals surface area (Å²) in [4.78, 5) is 23.3. The molecule has 0 aliphatic carbocycles. The van der Waals surface area contributed by atoms with Crippen molar-refractivity contribution in [3.05, 3.63) is 90.8 Å². The van der Waals surface area contributed by atoms with Gasteiger partial charge in [-0.2, -0.15) is 0 Å². The number of pyridine rings is 2. The zero-order valence-corrected chi connectivity index (χ0v) is 17.7. The van der Waals surface area contributed by atoms with E-state index in [1.807, 2.05) is 36.4 Å². The van der Waals surface area contributed by atoms with Crippen molar-refractivity contribution in [2.75, 3.05) is 13.1 Å². The molecule has 5 nitrogen and oxygen atoms in total. The van der Waals surface area contributed by atoms with Crippen molar-refractivity contribution in [2.24, 2.45) is 0 Å². The van der Waals surface area contributed by atoms with Crippen molar-refractivity contribution in [1.29, 1.82) is 0 Å². The number of piperidine rings is 1. The normalized spacial score (nSPS) is 17.6. The summed E-state index contributed by atoms with van der Waals surface area (Å²) in [5.41, 5.74) is 2.60. The van der Waals surface area contributed by atoms with Crippen molar-refractivity contribution in [3.63, 3.8) is 0 Å². The number of ether oxygens (including phenoxy) is 1. The van der Waals surface area contributed by atoms with E-state index in [0.717, 1.165) is 10.9 Å². The van der Waals surface area contributed by atoms with E-state index in [1.165, 1.54) is 4.90 Å². The Morgan fingerprint density at radius 2 is 1.82 bits per heavy atom. The molecule has 0 N–H and O–H groups in total.